The lowest BCUT2D eigenvalue weighted by Crippen LogP contribution is -2.31. The van der Waals surface area contributed by atoms with Crippen LogP contribution in [0, 0.1) is 5.92 Å². The molecule has 0 unspecified atom stereocenters. The molecule has 0 aromatic carbocycles. The van der Waals surface area contributed by atoms with Gasteiger partial charge in [-0.3, -0.25) is 0 Å². The fraction of sp³-hybridized carbons (Fsp3) is 0.650. The second kappa shape index (κ2) is 8.13. The second-order valence-electron chi connectivity index (χ2n) is 8.32. The molecular weight excluding hydrogens is 408 g/mol. The van der Waals surface area contributed by atoms with E-state index in [1.54, 1.807) is 34.9 Å². The molecule has 3 aromatic heterocycles. The van der Waals surface area contributed by atoms with Crippen molar-refractivity contribution in [2.45, 2.75) is 76.4 Å². The summed E-state index contributed by atoms with van der Waals surface area (Å²) in [6, 6.07) is 0. The molecule has 0 saturated carbocycles. The van der Waals surface area contributed by atoms with Crippen molar-refractivity contribution < 1.29 is 4.74 Å². The minimum Gasteiger partial charge on any atom is -0.370 e. The van der Waals surface area contributed by atoms with E-state index in [2.05, 4.69) is 49.2 Å². The van der Waals surface area contributed by atoms with Crippen LogP contribution in [0.5, 0.6) is 0 Å². The van der Waals surface area contributed by atoms with Gasteiger partial charge in [0.05, 0.1) is 17.6 Å². The second-order valence-corrected chi connectivity index (χ2v) is 11.5. The molecule has 0 saturated heterocycles. The van der Waals surface area contributed by atoms with Crippen molar-refractivity contribution in [1.29, 1.82) is 0 Å². The summed E-state index contributed by atoms with van der Waals surface area (Å²) in [5.74, 6) is 2.79. The minimum atomic E-state index is -0.150. The Hall–Kier alpha value is -0.830. The van der Waals surface area contributed by atoms with Gasteiger partial charge in [0.25, 0.3) is 0 Å². The minimum absolute atomic E-state index is 0.150. The molecule has 0 fully saturated rings. The molecule has 4 heterocycles. The van der Waals surface area contributed by atoms with Crippen molar-refractivity contribution >= 4 is 50.7 Å². The van der Waals surface area contributed by atoms with Crippen LogP contribution in [-0.4, -0.2) is 36.7 Å². The van der Waals surface area contributed by atoms with Gasteiger partial charge in [-0.2, -0.15) is 0 Å². The fourth-order valence-corrected chi connectivity index (χ4v) is 6.59. The Morgan fingerprint density at radius 2 is 1.96 bits per heavy atom. The normalized spacial score (nSPS) is 16.4. The predicted molar refractivity (Wildman–Crippen MR) is 120 cm³/mol. The Morgan fingerprint density at radius 3 is 2.71 bits per heavy atom. The number of thioether (sulfide) groups is 2. The number of rotatable bonds is 7. The molecule has 3 aromatic rings. The summed E-state index contributed by atoms with van der Waals surface area (Å²) in [5.41, 5.74) is 2.17. The van der Waals surface area contributed by atoms with E-state index in [0.29, 0.717) is 12.5 Å². The third-order valence-electron chi connectivity index (χ3n) is 4.88. The van der Waals surface area contributed by atoms with Gasteiger partial charge in [0.15, 0.2) is 16.0 Å². The molecule has 0 amide bonds. The van der Waals surface area contributed by atoms with Crippen molar-refractivity contribution in [2.24, 2.45) is 5.92 Å². The summed E-state index contributed by atoms with van der Waals surface area (Å²) >= 11 is 5.36. The Kier molecular flexibility index (Phi) is 5.93. The van der Waals surface area contributed by atoms with Crippen LogP contribution >= 0.6 is 34.9 Å². The summed E-state index contributed by atoms with van der Waals surface area (Å²) in [4.78, 5) is 7.43. The molecule has 8 heteroatoms. The number of hydrogen-bond donors (Lipinski definition) is 0. The molecule has 0 bridgehead atoms. The van der Waals surface area contributed by atoms with Gasteiger partial charge in [0.1, 0.15) is 4.83 Å². The molecule has 5 nitrogen and oxygen atoms in total. The van der Waals surface area contributed by atoms with Gasteiger partial charge in [0.2, 0.25) is 0 Å². The third-order valence-corrected chi connectivity index (χ3v) is 8.08. The van der Waals surface area contributed by atoms with Gasteiger partial charge in [-0.1, -0.05) is 44.3 Å². The zero-order chi connectivity index (χ0) is 19.9. The van der Waals surface area contributed by atoms with Crippen molar-refractivity contribution in [1.82, 2.24) is 19.6 Å². The predicted octanol–water partition coefficient (Wildman–Crippen LogP) is 5.83. The average molecular weight is 437 g/mol. The van der Waals surface area contributed by atoms with E-state index in [9.17, 15) is 0 Å². The highest BCUT2D eigenvalue weighted by atomic mass is 32.2. The topological polar surface area (TPSA) is 52.3 Å². The van der Waals surface area contributed by atoms with Crippen molar-refractivity contribution in [3.8, 4) is 0 Å². The SMILES string of the molecule is CCCSc1nc2sc3c(c2c2nnc(SCCC(C)C)n12)CC(C)(C)OC3. The van der Waals surface area contributed by atoms with E-state index in [4.69, 9.17) is 9.72 Å². The van der Waals surface area contributed by atoms with E-state index >= 15 is 0 Å². The average Bonchev–Trinajstić information content (AvgIpc) is 3.19. The largest absolute Gasteiger partial charge is 0.370 e. The summed E-state index contributed by atoms with van der Waals surface area (Å²) < 4.78 is 8.24. The maximum atomic E-state index is 6.04. The molecule has 0 radical (unpaired) electrons. The number of nitrogens with zero attached hydrogens (tertiary/aromatic N) is 4. The summed E-state index contributed by atoms with van der Waals surface area (Å²) in [6.07, 6.45) is 3.18. The third kappa shape index (κ3) is 3.93. The first kappa shape index (κ1) is 20.4. The first-order valence-corrected chi connectivity index (χ1v) is 12.8. The van der Waals surface area contributed by atoms with E-state index in [-0.39, 0.29) is 5.60 Å². The first-order chi connectivity index (χ1) is 13.4. The van der Waals surface area contributed by atoms with Crippen molar-refractivity contribution in [3.63, 3.8) is 0 Å². The Labute approximate surface area is 179 Å². The van der Waals surface area contributed by atoms with E-state index < -0.39 is 0 Å². The number of thiophene rings is 1. The highest BCUT2D eigenvalue weighted by molar-refractivity contribution is 7.99. The van der Waals surface area contributed by atoms with Crippen LogP contribution in [0.2, 0.25) is 0 Å². The van der Waals surface area contributed by atoms with Gasteiger partial charge >= 0.3 is 0 Å². The van der Waals surface area contributed by atoms with E-state index in [0.717, 1.165) is 45.1 Å². The van der Waals surface area contributed by atoms with Gasteiger partial charge in [-0.25, -0.2) is 9.38 Å². The molecule has 4 rings (SSSR count). The molecule has 0 N–H and O–H groups in total. The van der Waals surface area contributed by atoms with Gasteiger partial charge in [-0.05, 0) is 38.2 Å². The quantitative estimate of drug-likeness (QED) is 0.343. The fourth-order valence-electron chi connectivity index (χ4n) is 3.36. The number of hydrogen-bond acceptors (Lipinski definition) is 7. The standard InChI is InChI=1S/C20H28N4OS3/c1-6-8-26-18-21-17-15(13-10-20(4,5)25-11-14(13)28-17)16-22-23-19(24(16)18)27-9-7-12(2)3/h12H,6-11H2,1-5H3. The first-order valence-electron chi connectivity index (χ1n) is 9.98. The lowest BCUT2D eigenvalue weighted by Gasteiger charge is -2.30. The lowest BCUT2D eigenvalue weighted by atomic mass is 9.94. The van der Waals surface area contributed by atoms with Gasteiger partial charge < -0.3 is 4.74 Å². The zero-order valence-corrected chi connectivity index (χ0v) is 19.7. The monoisotopic (exact) mass is 436 g/mol. The van der Waals surface area contributed by atoms with Crippen molar-refractivity contribution in [2.75, 3.05) is 11.5 Å². The molecule has 1 aliphatic rings. The molecule has 0 spiro atoms. The Bertz CT molecular complexity index is 993. The molecule has 28 heavy (non-hydrogen) atoms. The smallest absolute Gasteiger partial charge is 0.197 e. The van der Waals surface area contributed by atoms with Crippen LogP contribution in [0.1, 0.15) is 57.9 Å². The maximum Gasteiger partial charge on any atom is 0.197 e. The zero-order valence-electron chi connectivity index (χ0n) is 17.2. The van der Waals surface area contributed by atoms with E-state index in [1.807, 2.05) is 0 Å². The molecule has 0 atom stereocenters. The molecular formula is C20H28N4OS3. The van der Waals surface area contributed by atoms with Crippen LogP contribution < -0.4 is 0 Å². The van der Waals surface area contributed by atoms with Crippen LogP contribution in [0.15, 0.2) is 10.3 Å². The molecule has 0 aliphatic carbocycles. The van der Waals surface area contributed by atoms with Gasteiger partial charge in [-0.15, -0.1) is 21.5 Å². The summed E-state index contributed by atoms with van der Waals surface area (Å²) in [5, 5.41) is 12.4. The van der Waals surface area contributed by atoms with Crippen LogP contribution in [-0.2, 0) is 17.8 Å². The molecule has 1 aliphatic heterocycles. The Balaban J connectivity index is 1.85. The van der Waals surface area contributed by atoms with E-state index in [1.165, 1.54) is 22.2 Å². The maximum absolute atomic E-state index is 6.04. The highest BCUT2D eigenvalue weighted by Gasteiger charge is 2.31. The number of fused-ring (bicyclic) bond motifs is 5. The number of ether oxygens (including phenoxy) is 1. The van der Waals surface area contributed by atoms with Crippen molar-refractivity contribution in [3.05, 3.63) is 10.4 Å². The highest BCUT2D eigenvalue weighted by Crippen LogP contribution is 2.41. The van der Waals surface area contributed by atoms with Crippen LogP contribution in [0.4, 0.5) is 0 Å². The van der Waals surface area contributed by atoms with Gasteiger partial charge in [0, 0.05) is 22.8 Å². The summed E-state index contributed by atoms with van der Waals surface area (Å²) in [6.45, 7) is 11.7. The van der Waals surface area contributed by atoms with Crippen LogP contribution in [0.3, 0.4) is 0 Å². The number of aromatic nitrogens is 4. The van der Waals surface area contributed by atoms with Crippen LogP contribution in [0.25, 0.3) is 15.9 Å². The lowest BCUT2D eigenvalue weighted by molar-refractivity contribution is -0.0379. The molecule has 152 valence electrons. The summed E-state index contributed by atoms with van der Waals surface area (Å²) in [7, 11) is 0. The Morgan fingerprint density at radius 1 is 1.18 bits per heavy atom.